The molecule has 68 valence electrons. The normalized spacial score (nSPS) is 11.7. The van der Waals surface area contributed by atoms with E-state index in [4.69, 9.17) is 4.78 Å². The SMILES string of the molecule is N=S(=O)(c1cccs1)c1cccs1. The van der Waals surface area contributed by atoms with Crippen LogP contribution < -0.4 is 0 Å². The molecule has 0 radical (unpaired) electrons. The Bertz CT molecular complexity index is 427. The maximum atomic E-state index is 12.0. The second-order valence-electron chi connectivity index (χ2n) is 2.42. The number of nitrogens with one attached hydrogen (secondary N) is 1. The molecule has 2 aromatic heterocycles. The van der Waals surface area contributed by atoms with Crippen LogP contribution in [0.4, 0.5) is 0 Å². The first kappa shape index (κ1) is 8.93. The Morgan fingerprint density at radius 3 is 1.85 bits per heavy atom. The molecule has 0 saturated carbocycles. The third-order valence-electron chi connectivity index (χ3n) is 1.56. The molecule has 2 rings (SSSR count). The summed E-state index contributed by atoms with van der Waals surface area (Å²) in [6.45, 7) is 0. The molecule has 0 saturated heterocycles. The van der Waals surface area contributed by atoms with Gasteiger partial charge in [0.2, 0.25) is 0 Å². The molecule has 13 heavy (non-hydrogen) atoms. The molecule has 2 heterocycles. The second kappa shape index (κ2) is 3.25. The number of hydrogen-bond acceptors (Lipinski definition) is 4. The van der Waals surface area contributed by atoms with E-state index in [1.807, 2.05) is 22.9 Å². The maximum Gasteiger partial charge on any atom is 0.120 e. The molecule has 2 aromatic rings. The van der Waals surface area contributed by atoms with E-state index in [1.165, 1.54) is 22.7 Å². The summed E-state index contributed by atoms with van der Waals surface area (Å²) >= 11 is 2.74. The predicted molar refractivity (Wildman–Crippen MR) is 56.0 cm³/mol. The Morgan fingerprint density at radius 1 is 1.08 bits per heavy atom. The quantitative estimate of drug-likeness (QED) is 0.843. The van der Waals surface area contributed by atoms with Crippen LogP contribution in [-0.2, 0) is 9.73 Å². The lowest BCUT2D eigenvalue weighted by atomic mass is 10.7. The van der Waals surface area contributed by atoms with Crippen LogP contribution in [0, 0.1) is 4.78 Å². The molecule has 0 aromatic carbocycles. The van der Waals surface area contributed by atoms with Gasteiger partial charge in [0, 0.05) is 0 Å². The third kappa shape index (κ3) is 1.54. The topological polar surface area (TPSA) is 40.9 Å². The van der Waals surface area contributed by atoms with Gasteiger partial charge in [0.1, 0.15) is 18.1 Å². The van der Waals surface area contributed by atoms with Crippen molar-refractivity contribution in [1.82, 2.24) is 0 Å². The van der Waals surface area contributed by atoms with Gasteiger partial charge in [0.05, 0.1) is 0 Å². The van der Waals surface area contributed by atoms with Gasteiger partial charge in [0.25, 0.3) is 0 Å². The van der Waals surface area contributed by atoms with E-state index in [-0.39, 0.29) is 0 Å². The molecule has 0 aliphatic heterocycles. The first-order valence-corrected chi connectivity index (χ1v) is 6.89. The molecule has 0 atom stereocenters. The Morgan fingerprint density at radius 2 is 1.54 bits per heavy atom. The Kier molecular flexibility index (Phi) is 2.23. The van der Waals surface area contributed by atoms with E-state index in [2.05, 4.69) is 0 Å². The van der Waals surface area contributed by atoms with Crippen LogP contribution in [-0.4, -0.2) is 4.21 Å². The van der Waals surface area contributed by atoms with E-state index in [1.54, 1.807) is 12.1 Å². The lowest BCUT2D eigenvalue weighted by molar-refractivity contribution is 0.677. The lowest BCUT2D eigenvalue weighted by Gasteiger charge is -1.99. The van der Waals surface area contributed by atoms with E-state index in [0.29, 0.717) is 8.42 Å². The minimum Gasteiger partial charge on any atom is -0.243 e. The van der Waals surface area contributed by atoms with Crippen LogP contribution in [0.25, 0.3) is 0 Å². The third-order valence-corrected chi connectivity index (χ3v) is 6.27. The van der Waals surface area contributed by atoms with Crippen molar-refractivity contribution >= 4 is 32.4 Å². The summed E-state index contributed by atoms with van der Waals surface area (Å²) in [4.78, 5) is 0. The first-order chi connectivity index (χ1) is 6.21. The van der Waals surface area contributed by atoms with Crippen LogP contribution >= 0.6 is 22.7 Å². The zero-order valence-corrected chi connectivity index (χ0v) is 9.05. The van der Waals surface area contributed by atoms with Crippen LogP contribution in [0.15, 0.2) is 43.4 Å². The van der Waals surface area contributed by atoms with Gasteiger partial charge in [-0.25, -0.2) is 8.99 Å². The highest BCUT2D eigenvalue weighted by molar-refractivity contribution is 7.96. The largest absolute Gasteiger partial charge is 0.243 e. The molecular formula is C8H7NOS3. The maximum absolute atomic E-state index is 12.0. The summed E-state index contributed by atoms with van der Waals surface area (Å²) < 4.78 is 21.1. The summed E-state index contributed by atoms with van der Waals surface area (Å²) in [5, 5.41) is 3.69. The summed E-state index contributed by atoms with van der Waals surface area (Å²) in [6.07, 6.45) is 0. The van der Waals surface area contributed by atoms with Crippen molar-refractivity contribution in [2.75, 3.05) is 0 Å². The van der Waals surface area contributed by atoms with Crippen molar-refractivity contribution in [1.29, 1.82) is 4.78 Å². The van der Waals surface area contributed by atoms with Gasteiger partial charge in [-0.2, -0.15) is 0 Å². The lowest BCUT2D eigenvalue weighted by Crippen LogP contribution is -1.93. The second-order valence-corrected chi connectivity index (χ2v) is 6.82. The van der Waals surface area contributed by atoms with Crippen molar-refractivity contribution in [2.45, 2.75) is 8.42 Å². The highest BCUT2D eigenvalue weighted by Gasteiger charge is 2.14. The predicted octanol–water partition coefficient (Wildman–Crippen LogP) is 3.27. The molecule has 5 heteroatoms. The van der Waals surface area contributed by atoms with Gasteiger partial charge in [-0.15, -0.1) is 22.7 Å². The van der Waals surface area contributed by atoms with Crippen molar-refractivity contribution in [3.05, 3.63) is 35.0 Å². The summed E-state index contributed by atoms with van der Waals surface area (Å²) in [6, 6.07) is 7.14. The van der Waals surface area contributed by atoms with Gasteiger partial charge in [0.15, 0.2) is 0 Å². The smallest absolute Gasteiger partial charge is 0.120 e. The molecule has 0 amide bonds. The molecule has 0 unspecified atom stereocenters. The standard InChI is InChI=1S/C8H7NOS3/c9-13(10,7-3-1-5-11-7)8-4-2-6-12-8/h1-6,9H. The van der Waals surface area contributed by atoms with Gasteiger partial charge in [-0.1, -0.05) is 12.1 Å². The molecule has 0 bridgehead atoms. The average molecular weight is 229 g/mol. The molecule has 0 spiro atoms. The summed E-state index contributed by atoms with van der Waals surface area (Å²) in [5.74, 6) is 0. The van der Waals surface area contributed by atoms with E-state index in [0.717, 1.165) is 0 Å². The zero-order valence-electron chi connectivity index (χ0n) is 6.60. The van der Waals surface area contributed by atoms with Crippen LogP contribution in [0.1, 0.15) is 0 Å². The average Bonchev–Trinajstić information content (AvgIpc) is 2.78. The Labute approximate surface area is 84.8 Å². The monoisotopic (exact) mass is 229 g/mol. The minimum atomic E-state index is -2.72. The van der Waals surface area contributed by atoms with E-state index in [9.17, 15) is 4.21 Å². The van der Waals surface area contributed by atoms with Crippen molar-refractivity contribution in [2.24, 2.45) is 0 Å². The highest BCUT2D eigenvalue weighted by Crippen LogP contribution is 2.28. The van der Waals surface area contributed by atoms with Crippen molar-refractivity contribution in [3.63, 3.8) is 0 Å². The van der Waals surface area contributed by atoms with Crippen LogP contribution in [0.2, 0.25) is 0 Å². The fraction of sp³-hybridized carbons (Fsp3) is 0. The molecule has 1 N–H and O–H groups in total. The number of rotatable bonds is 2. The molecule has 0 aliphatic carbocycles. The molecule has 2 nitrogen and oxygen atoms in total. The number of thiophene rings is 2. The van der Waals surface area contributed by atoms with Crippen molar-refractivity contribution < 1.29 is 4.21 Å². The van der Waals surface area contributed by atoms with Gasteiger partial charge in [-0.3, -0.25) is 0 Å². The zero-order chi connectivity index (χ0) is 9.31. The van der Waals surface area contributed by atoms with Gasteiger partial charge < -0.3 is 0 Å². The van der Waals surface area contributed by atoms with Crippen LogP contribution in [0.3, 0.4) is 0 Å². The van der Waals surface area contributed by atoms with E-state index < -0.39 is 9.73 Å². The summed E-state index contributed by atoms with van der Waals surface area (Å²) in [5.41, 5.74) is 0. The summed E-state index contributed by atoms with van der Waals surface area (Å²) in [7, 11) is -2.72. The molecular weight excluding hydrogens is 222 g/mol. The number of hydrogen-bond donors (Lipinski definition) is 1. The molecule has 0 aliphatic rings. The molecule has 0 fully saturated rings. The van der Waals surface area contributed by atoms with Crippen molar-refractivity contribution in [3.8, 4) is 0 Å². The Balaban J connectivity index is 2.56. The van der Waals surface area contributed by atoms with Gasteiger partial charge in [-0.05, 0) is 22.9 Å². The fourth-order valence-corrected chi connectivity index (χ4v) is 4.70. The Hall–Kier alpha value is -0.650. The first-order valence-electron chi connectivity index (χ1n) is 3.57. The fourth-order valence-electron chi connectivity index (χ4n) is 0.953. The van der Waals surface area contributed by atoms with Crippen LogP contribution in [0.5, 0.6) is 0 Å². The van der Waals surface area contributed by atoms with Gasteiger partial charge >= 0.3 is 0 Å². The minimum absolute atomic E-state index is 0.634. The highest BCUT2D eigenvalue weighted by atomic mass is 32.3. The van der Waals surface area contributed by atoms with E-state index >= 15 is 0 Å².